The molecule has 9 heavy (non-hydrogen) atoms. The monoisotopic (exact) mass is 132 g/mol. The van der Waals surface area contributed by atoms with E-state index in [9.17, 15) is 4.39 Å². The lowest BCUT2D eigenvalue weighted by Crippen LogP contribution is -2.23. The number of hydrogen-bond donors (Lipinski definition) is 1. The first-order valence-electron chi connectivity index (χ1n) is 3.59. The Bertz CT molecular complexity index is 85.0. The highest BCUT2D eigenvalue weighted by molar-refractivity contribution is 4.73. The zero-order valence-corrected chi connectivity index (χ0v) is 5.52. The summed E-state index contributed by atoms with van der Waals surface area (Å²) in [5.41, 5.74) is 0. The van der Waals surface area contributed by atoms with E-state index in [1.807, 2.05) is 0 Å². The van der Waals surface area contributed by atoms with Gasteiger partial charge in [0, 0.05) is 12.5 Å². The Balaban J connectivity index is 2.30. The van der Waals surface area contributed by atoms with Gasteiger partial charge in [0.05, 0.1) is 0 Å². The van der Waals surface area contributed by atoms with Gasteiger partial charge < -0.3 is 5.11 Å². The summed E-state index contributed by atoms with van der Waals surface area (Å²) in [5.74, 6) is -0.0567. The van der Waals surface area contributed by atoms with Gasteiger partial charge in [0.1, 0.15) is 6.17 Å². The van der Waals surface area contributed by atoms with Crippen LogP contribution >= 0.6 is 0 Å². The molecule has 0 saturated heterocycles. The standard InChI is InChI=1S/C7H13FO/c8-7-4-2-1-3-6(7)5-9/h6-7,9H,1-5H2/t6-,7+/m0/s1. The van der Waals surface area contributed by atoms with Crippen molar-refractivity contribution in [3.63, 3.8) is 0 Å². The molecule has 1 saturated carbocycles. The second kappa shape index (κ2) is 3.16. The Morgan fingerprint density at radius 1 is 1.33 bits per heavy atom. The first-order chi connectivity index (χ1) is 4.34. The minimum absolute atomic E-state index is 0.0289. The minimum Gasteiger partial charge on any atom is -0.396 e. The molecule has 0 radical (unpaired) electrons. The van der Waals surface area contributed by atoms with Crippen LogP contribution in [0.5, 0.6) is 0 Å². The number of alkyl halides is 1. The van der Waals surface area contributed by atoms with Crippen molar-refractivity contribution in [1.29, 1.82) is 0 Å². The third-order valence-electron chi connectivity index (χ3n) is 2.05. The van der Waals surface area contributed by atoms with E-state index >= 15 is 0 Å². The van der Waals surface area contributed by atoms with Gasteiger partial charge in [-0.15, -0.1) is 0 Å². The maximum atomic E-state index is 12.7. The fourth-order valence-electron chi connectivity index (χ4n) is 1.37. The predicted octanol–water partition coefficient (Wildman–Crippen LogP) is 1.51. The fraction of sp³-hybridized carbons (Fsp3) is 1.00. The summed E-state index contributed by atoms with van der Waals surface area (Å²) in [7, 11) is 0. The molecule has 1 aliphatic rings. The van der Waals surface area contributed by atoms with Gasteiger partial charge >= 0.3 is 0 Å². The van der Waals surface area contributed by atoms with E-state index < -0.39 is 6.17 Å². The van der Waals surface area contributed by atoms with Crippen molar-refractivity contribution in [1.82, 2.24) is 0 Å². The van der Waals surface area contributed by atoms with E-state index in [1.54, 1.807) is 0 Å². The molecule has 1 N–H and O–H groups in total. The highest BCUT2D eigenvalue weighted by atomic mass is 19.1. The lowest BCUT2D eigenvalue weighted by molar-refractivity contribution is 0.101. The largest absolute Gasteiger partial charge is 0.396 e. The molecule has 0 aromatic rings. The van der Waals surface area contributed by atoms with Crippen LogP contribution in [0.3, 0.4) is 0 Å². The molecule has 0 bridgehead atoms. The Hall–Kier alpha value is -0.110. The Kier molecular flexibility index (Phi) is 2.46. The second-order valence-electron chi connectivity index (χ2n) is 2.74. The van der Waals surface area contributed by atoms with Gasteiger partial charge in [0.25, 0.3) is 0 Å². The molecule has 1 nitrogen and oxygen atoms in total. The average molecular weight is 132 g/mol. The maximum Gasteiger partial charge on any atom is 0.105 e. The smallest absolute Gasteiger partial charge is 0.105 e. The quantitative estimate of drug-likeness (QED) is 0.573. The van der Waals surface area contributed by atoms with Crippen LogP contribution in [0, 0.1) is 5.92 Å². The molecule has 0 aromatic carbocycles. The van der Waals surface area contributed by atoms with Gasteiger partial charge in [0.2, 0.25) is 0 Å². The van der Waals surface area contributed by atoms with Crippen LogP contribution in [0.1, 0.15) is 25.7 Å². The Morgan fingerprint density at radius 3 is 2.44 bits per heavy atom. The SMILES string of the molecule is OC[C@@H]1CCCC[C@H]1F. The summed E-state index contributed by atoms with van der Waals surface area (Å²) in [5, 5.41) is 8.62. The highest BCUT2D eigenvalue weighted by Crippen LogP contribution is 2.25. The third-order valence-corrected chi connectivity index (χ3v) is 2.05. The lowest BCUT2D eigenvalue weighted by Gasteiger charge is -2.23. The van der Waals surface area contributed by atoms with E-state index in [2.05, 4.69) is 0 Å². The van der Waals surface area contributed by atoms with Gasteiger partial charge in [-0.2, -0.15) is 0 Å². The molecule has 2 atom stereocenters. The molecular weight excluding hydrogens is 119 g/mol. The molecule has 0 aliphatic heterocycles. The van der Waals surface area contributed by atoms with Crippen LogP contribution in [-0.4, -0.2) is 17.9 Å². The third kappa shape index (κ3) is 1.65. The minimum atomic E-state index is -0.733. The van der Waals surface area contributed by atoms with Crippen molar-refractivity contribution < 1.29 is 9.50 Å². The molecule has 2 heteroatoms. The second-order valence-corrected chi connectivity index (χ2v) is 2.74. The van der Waals surface area contributed by atoms with Crippen LogP contribution < -0.4 is 0 Å². The molecular formula is C7H13FO. The fourth-order valence-corrected chi connectivity index (χ4v) is 1.37. The van der Waals surface area contributed by atoms with E-state index in [1.165, 1.54) is 0 Å². The Morgan fingerprint density at radius 2 is 2.00 bits per heavy atom. The number of rotatable bonds is 1. The van der Waals surface area contributed by atoms with Crippen LogP contribution in [0.25, 0.3) is 0 Å². The molecule has 54 valence electrons. The van der Waals surface area contributed by atoms with Crippen LogP contribution in [-0.2, 0) is 0 Å². The van der Waals surface area contributed by atoms with Gasteiger partial charge in [-0.3, -0.25) is 0 Å². The lowest BCUT2D eigenvalue weighted by atomic mass is 9.88. The van der Waals surface area contributed by atoms with Gasteiger partial charge in [0.15, 0.2) is 0 Å². The first kappa shape index (κ1) is 7.00. The van der Waals surface area contributed by atoms with Crippen LogP contribution in [0.4, 0.5) is 4.39 Å². The van der Waals surface area contributed by atoms with Crippen molar-refractivity contribution in [2.24, 2.45) is 5.92 Å². The summed E-state index contributed by atoms with van der Waals surface area (Å²) in [6.45, 7) is 0.0289. The summed E-state index contributed by atoms with van der Waals surface area (Å²) < 4.78 is 12.7. The van der Waals surface area contributed by atoms with E-state index in [0.717, 1.165) is 19.3 Å². The number of halogens is 1. The van der Waals surface area contributed by atoms with Crippen molar-refractivity contribution in [2.45, 2.75) is 31.9 Å². The molecule has 1 fully saturated rings. The number of aliphatic hydroxyl groups is 1. The van der Waals surface area contributed by atoms with Crippen LogP contribution in [0.2, 0.25) is 0 Å². The molecule has 0 heterocycles. The van der Waals surface area contributed by atoms with Crippen molar-refractivity contribution in [2.75, 3.05) is 6.61 Å². The predicted molar refractivity (Wildman–Crippen MR) is 33.9 cm³/mol. The molecule has 0 aromatic heterocycles. The summed E-state index contributed by atoms with van der Waals surface area (Å²) in [6.07, 6.45) is 2.88. The van der Waals surface area contributed by atoms with Gasteiger partial charge in [-0.25, -0.2) is 4.39 Å². The zero-order chi connectivity index (χ0) is 6.69. The number of hydrogen-bond acceptors (Lipinski definition) is 1. The van der Waals surface area contributed by atoms with Crippen LogP contribution in [0.15, 0.2) is 0 Å². The molecule has 0 spiro atoms. The van der Waals surface area contributed by atoms with Crippen molar-refractivity contribution in [3.8, 4) is 0 Å². The summed E-state index contributed by atoms with van der Waals surface area (Å²) in [4.78, 5) is 0. The molecule has 0 amide bonds. The molecule has 0 unspecified atom stereocenters. The van der Waals surface area contributed by atoms with Crippen molar-refractivity contribution >= 4 is 0 Å². The van der Waals surface area contributed by atoms with E-state index in [-0.39, 0.29) is 12.5 Å². The average Bonchev–Trinajstić information content (AvgIpc) is 1.89. The summed E-state index contributed by atoms with van der Waals surface area (Å²) in [6, 6.07) is 0. The first-order valence-corrected chi connectivity index (χ1v) is 3.59. The van der Waals surface area contributed by atoms with Gasteiger partial charge in [-0.05, 0) is 12.8 Å². The normalized spacial score (nSPS) is 36.7. The van der Waals surface area contributed by atoms with Crippen molar-refractivity contribution in [3.05, 3.63) is 0 Å². The molecule has 1 aliphatic carbocycles. The Labute approximate surface area is 54.9 Å². The summed E-state index contributed by atoms with van der Waals surface area (Å²) >= 11 is 0. The molecule has 1 rings (SSSR count). The van der Waals surface area contributed by atoms with E-state index in [4.69, 9.17) is 5.11 Å². The number of aliphatic hydroxyl groups excluding tert-OH is 1. The van der Waals surface area contributed by atoms with E-state index in [0.29, 0.717) is 6.42 Å². The maximum absolute atomic E-state index is 12.7. The topological polar surface area (TPSA) is 20.2 Å². The van der Waals surface area contributed by atoms with Gasteiger partial charge in [-0.1, -0.05) is 12.8 Å². The highest BCUT2D eigenvalue weighted by Gasteiger charge is 2.23. The zero-order valence-electron chi connectivity index (χ0n) is 5.52.